The first-order valence-corrected chi connectivity index (χ1v) is 5.53. The first kappa shape index (κ1) is 12.4. The molecule has 1 aromatic rings. The summed E-state index contributed by atoms with van der Waals surface area (Å²) in [6.45, 7) is 0. The second kappa shape index (κ2) is 5.04. The molecule has 1 N–H and O–H groups in total. The van der Waals surface area contributed by atoms with Gasteiger partial charge in [-0.05, 0) is 23.3 Å². The highest BCUT2D eigenvalue weighted by atomic mass is 16.1. The van der Waals surface area contributed by atoms with Crippen molar-refractivity contribution in [3.63, 3.8) is 0 Å². The summed E-state index contributed by atoms with van der Waals surface area (Å²) in [6, 6.07) is 10.4. The Kier molecular flexibility index (Phi) is 3.28. The molecule has 0 fully saturated rings. The van der Waals surface area contributed by atoms with Crippen LogP contribution in [0.3, 0.4) is 0 Å². The molecule has 90 valence electrons. The van der Waals surface area contributed by atoms with Crippen LogP contribution in [0.15, 0.2) is 29.5 Å². The Morgan fingerprint density at radius 1 is 1.05 bits per heavy atom. The molecule has 0 unspecified atom stereocenters. The van der Waals surface area contributed by atoms with E-state index in [9.17, 15) is 4.79 Å². The lowest BCUT2D eigenvalue weighted by atomic mass is 10.1. The lowest BCUT2D eigenvalue weighted by Gasteiger charge is -2.06. The van der Waals surface area contributed by atoms with E-state index in [-0.39, 0.29) is 17.1 Å². The van der Waals surface area contributed by atoms with E-state index < -0.39 is 0 Å². The SMILES string of the molecule is N#CC(C#N)=C(C#N)Nc1ccc2c(c1)CC(=O)C2. The molecule has 0 amide bonds. The third kappa shape index (κ3) is 2.44. The summed E-state index contributed by atoms with van der Waals surface area (Å²) >= 11 is 0. The highest BCUT2D eigenvalue weighted by Crippen LogP contribution is 2.24. The van der Waals surface area contributed by atoms with Crippen molar-refractivity contribution < 1.29 is 4.79 Å². The molecule has 0 aromatic heterocycles. The second-order valence-corrected chi connectivity index (χ2v) is 4.09. The Labute approximate surface area is 110 Å². The highest BCUT2D eigenvalue weighted by molar-refractivity contribution is 5.88. The minimum atomic E-state index is -0.265. The van der Waals surface area contributed by atoms with Crippen LogP contribution in [0, 0.1) is 34.0 Å². The Bertz CT molecular complexity index is 694. The number of hydrogen-bond acceptors (Lipinski definition) is 5. The quantitative estimate of drug-likeness (QED) is 0.801. The summed E-state index contributed by atoms with van der Waals surface area (Å²) in [6.07, 6.45) is 0.831. The summed E-state index contributed by atoms with van der Waals surface area (Å²) in [5.74, 6) is 0.165. The molecule has 19 heavy (non-hydrogen) atoms. The summed E-state index contributed by atoms with van der Waals surface area (Å²) in [4.78, 5) is 11.3. The molecule has 5 heteroatoms. The highest BCUT2D eigenvalue weighted by Gasteiger charge is 2.18. The molecule has 1 aromatic carbocycles. The van der Waals surface area contributed by atoms with Crippen LogP contribution in [0.1, 0.15) is 11.1 Å². The van der Waals surface area contributed by atoms with Crippen LogP contribution >= 0.6 is 0 Å². The summed E-state index contributed by atoms with van der Waals surface area (Å²) in [5, 5.41) is 29.1. The van der Waals surface area contributed by atoms with Crippen molar-refractivity contribution in [3.8, 4) is 18.2 Å². The number of nitrogens with zero attached hydrogens (tertiary/aromatic N) is 3. The van der Waals surface area contributed by atoms with E-state index in [0.717, 1.165) is 11.1 Å². The zero-order chi connectivity index (χ0) is 13.8. The van der Waals surface area contributed by atoms with E-state index in [1.165, 1.54) is 0 Å². The van der Waals surface area contributed by atoms with Gasteiger partial charge < -0.3 is 5.32 Å². The number of nitrogens with one attached hydrogen (secondary N) is 1. The molecule has 0 radical (unpaired) electrons. The van der Waals surface area contributed by atoms with Crippen molar-refractivity contribution in [2.45, 2.75) is 12.8 Å². The molecule has 0 heterocycles. The largest absolute Gasteiger partial charge is 0.345 e. The van der Waals surface area contributed by atoms with E-state index in [4.69, 9.17) is 15.8 Å². The lowest BCUT2D eigenvalue weighted by molar-refractivity contribution is -0.117. The van der Waals surface area contributed by atoms with Gasteiger partial charge in [0.05, 0.1) is 0 Å². The number of fused-ring (bicyclic) bond motifs is 1. The summed E-state index contributed by atoms with van der Waals surface area (Å²) in [5.41, 5.74) is 2.14. The van der Waals surface area contributed by atoms with E-state index in [0.29, 0.717) is 18.5 Å². The van der Waals surface area contributed by atoms with Gasteiger partial charge in [0.25, 0.3) is 0 Å². The molecule has 0 aliphatic heterocycles. The molecule has 0 spiro atoms. The summed E-state index contributed by atoms with van der Waals surface area (Å²) in [7, 11) is 0. The maximum atomic E-state index is 11.3. The number of nitriles is 3. The fourth-order valence-corrected chi connectivity index (χ4v) is 1.96. The van der Waals surface area contributed by atoms with Gasteiger partial charge in [0.15, 0.2) is 5.57 Å². The smallest absolute Gasteiger partial charge is 0.163 e. The normalized spacial score (nSPS) is 11.7. The molecule has 0 bridgehead atoms. The van der Waals surface area contributed by atoms with Gasteiger partial charge in [-0.25, -0.2) is 0 Å². The predicted molar refractivity (Wildman–Crippen MR) is 66.3 cm³/mol. The van der Waals surface area contributed by atoms with Gasteiger partial charge in [-0.2, -0.15) is 15.8 Å². The van der Waals surface area contributed by atoms with E-state index in [2.05, 4.69) is 5.32 Å². The number of Topliss-reactive ketones (excluding diaryl/α,β-unsaturated/α-hetero) is 1. The van der Waals surface area contributed by atoms with Crippen LogP contribution in [0.2, 0.25) is 0 Å². The average Bonchev–Trinajstić information content (AvgIpc) is 2.78. The van der Waals surface area contributed by atoms with Gasteiger partial charge in [-0.15, -0.1) is 0 Å². The maximum absolute atomic E-state index is 11.3. The number of carbonyl (C=O) groups is 1. The van der Waals surface area contributed by atoms with Crippen LogP contribution in [-0.4, -0.2) is 5.78 Å². The number of anilines is 1. The van der Waals surface area contributed by atoms with Crippen LogP contribution in [-0.2, 0) is 17.6 Å². The van der Waals surface area contributed by atoms with Crippen LogP contribution in [0.25, 0.3) is 0 Å². The molecule has 2 rings (SSSR count). The van der Waals surface area contributed by atoms with Crippen molar-refractivity contribution >= 4 is 11.5 Å². The van der Waals surface area contributed by atoms with Gasteiger partial charge in [0.2, 0.25) is 0 Å². The monoisotopic (exact) mass is 248 g/mol. The zero-order valence-electron chi connectivity index (χ0n) is 9.90. The van der Waals surface area contributed by atoms with Crippen molar-refractivity contribution in [3.05, 3.63) is 40.6 Å². The Hall–Kier alpha value is -3.10. The molecule has 0 saturated heterocycles. The van der Waals surface area contributed by atoms with Crippen LogP contribution in [0.5, 0.6) is 0 Å². The fraction of sp³-hybridized carbons (Fsp3) is 0.143. The van der Waals surface area contributed by atoms with Crippen molar-refractivity contribution in [1.82, 2.24) is 0 Å². The number of carbonyl (C=O) groups excluding carboxylic acids is 1. The number of rotatable bonds is 2. The number of ketones is 1. The van der Waals surface area contributed by atoms with Gasteiger partial charge in [-0.3, -0.25) is 4.79 Å². The number of benzene rings is 1. The fourth-order valence-electron chi connectivity index (χ4n) is 1.96. The Balaban J connectivity index is 2.32. The van der Waals surface area contributed by atoms with Crippen LogP contribution < -0.4 is 5.32 Å². The first-order valence-electron chi connectivity index (χ1n) is 5.53. The molecular weight excluding hydrogens is 240 g/mol. The first-order chi connectivity index (χ1) is 9.17. The maximum Gasteiger partial charge on any atom is 0.163 e. The molecule has 1 aliphatic carbocycles. The van der Waals surface area contributed by atoms with Crippen LogP contribution in [0.4, 0.5) is 5.69 Å². The molecule has 0 atom stereocenters. The van der Waals surface area contributed by atoms with Crippen molar-refractivity contribution in [2.24, 2.45) is 0 Å². The van der Waals surface area contributed by atoms with Gasteiger partial charge >= 0.3 is 0 Å². The van der Waals surface area contributed by atoms with E-state index in [1.54, 1.807) is 30.3 Å². The Morgan fingerprint density at radius 2 is 1.74 bits per heavy atom. The number of hydrogen-bond donors (Lipinski definition) is 1. The van der Waals surface area contributed by atoms with Gasteiger partial charge in [0, 0.05) is 18.5 Å². The molecule has 5 nitrogen and oxygen atoms in total. The molecular formula is C14H8N4O. The van der Waals surface area contributed by atoms with E-state index >= 15 is 0 Å². The third-order valence-electron chi connectivity index (χ3n) is 2.84. The van der Waals surface area contributed by atoms with Crippen molar-refractivity contribution in [2.75, 3.05) is 5.32 Å². The Morgan fingerprint density at radius 3 is 2.37 bits per heavy atom. The number of allylic oxidation sites excluding steroid dienone is 2. The van der Waals surface area contributed by atoms with Gasteiger partial charge in [0.1, 0.15) is 29.7 Å². The minimum absolute atomic E-state index is 0.0886. The molecule has 0 saturated carbocycles. The standard InChI is InChI=1S/C14H8N4O/c15-6-11(7-16)14(8-17)18-12-2-1-9-4-13(19)5-10(9)3-12/h1-3,18H,4-5H2. The molecule has 1 aliphatic rings. The van der Waals surface area contributed by atoms with Gasteiger partial charge in [-0.1, -0.05) is 6.07 Å². The lowest BCUT2D eigenvalue weighted by Crippen LogP contribution is -2.01. The summed E-state index contributed by atoms with van der Waals surface area (Å²) < 4.78 is 0. The third-order valence-corrected chi connectivity index (χ3v) is 2.84. The average molecular weight is 248 g/mol. The van der Waals surface area contributed by atoms with Crippen molar-refractivity contribution in [1.29, 1.82) is 15.8 Å². The predicted octanol–water partition coefficient (Wildman–Crippen LogP) is 1.59. The topological polar surface area (TPSA) is 100 Å². The second-order valence-electron chi connectivity index (χ2n) is 4.09. The minimum Gasteiger partial charge on any atom is -0.345 e. The van der Waals surface area contributed by atoms with E-state index in [1.807, 2.05) is 6.07 Å². The zero-order valence-corrected chi connectivity index (χ0v) is 9.90.